The van der Waals surface area contributed by atoms with E-state index in [1.54, 1.807) is 4.52 Å². The molecule has 0 fully saturated rings. The molecule has 0 radical (unpaired) electrons. The van der Waals surface area contributed by atoms with E-state index in [0.717, 1.165) is 10.9 Å². The number of carbonyl (C=O) groups excluding carboxylic acids is 1. The number of ketones is 1. The van der Waals surface area contributed by atoms with E-state index in [1.807, 2.05) is 85.8 Å². The van der Waals surface area contributed by atoms with Gasteiger partial charge in [-0.15, -0.1) is 0 Å². The predicted molar refractivity (Wildman–Crippen MR) is 126 cm³/mol. The number of hydrogen-bond donors (Lipinski definition) is 0. The van der Waals surface area contributed by atoms with Crippen molar-refractivity contribution in [2.24, 2.45) is 0 Å². The summed E-state index contributed by atoms with van der Waals surface area (Å²) in [5, 5.41) is 5.84. The van der Waals surface area contributed by atoms with Crippen LogP contribution in [0.4, 0.5) is 0 Å². The van der Waals surface area contributed by atoms with Crippen molar-refractivity contribution in [3.8, 4) is 11.3 Å². The maximum Gasteiger partial charge on any atom is 0.300 e. The number of benzene rings is 3. The minimum atomic E-state index is -0.403. The van der Waals surface area contributed by atoms with Crippen molar-refractivity contribution in [2.45, 2.75) is 12.1 Å². The smallest absolute Gasteiger partial charge is 0.293 e. The Balaban J connectivity index is 1.62. The fourth-order valence-electron chi connectivity index (χ4n) is 3.43. The van der Waals surface area contributed by atoms with Crippen LogP contribution in [0.5, 0.6) is 0 Å². The average molecular weight is 439 g/mol. The molecule has 0 aliphatic carbocycles. The van der Waals surface area contributed by atoms with E-state index in [0.29, 0.717) is 27.4 Å². The highest BCUT2D eigenvalue weighted by atomic mass is 32.2. The third kappa shape index (κ3) is 3.78. The van der Waals surface area contributed by atoms with Gasteiger partial charge in [0.05, 0.1) is 11.3 Å². The molecule has 6 nitrogen and oxygen atoms in total. The van der Waals surface area contributed by atoms with Crippen LogP contribution in [0, 0.1) is 6.92 Å². The number of carbonyl (C=O) groups is 1. The van der Waals surface area contributed by atoms with Crippen LogP contribution in [0.1, 0.15) is 15.9 Å². The second-order valence-corrected chi connectivity index (χ2v) is 8.30. The van der Waals surface area contributed by atoms with Crippen LogP contribution >= 0.6 is 11.8 Å². The minimum absolute atomic E-state index is 0.00426. The molecule has 7 heteroatoms. The lowest BCUT2D eigenvalue weighted by molar-refractivity contribution is 0.102. The quantitative estimate of drug-likeness (QED) is 0.173. The van der Waals surface area contributed by atoms with Crippen molar-refractivity contribution >= 4 is 34.1 Å². The number of para-hydroxylation sites is 1. The lowest BCUT2D eigenvalue weighted by Crippen LogP contribution is -2.18. The van der Waals surface area contributed by atoms with Gasteiger partial charge < -0.3 is 0 Å². The van der Waals surface area contributed by atoms with Gasteiger partial charge in [0.15, 0.2) is 22.3 Å². The highest BCUT2D eigenvalue weighted by Gasteiger charge is 2.16. The van der Waals surface area contributed by atoms with E-state index in [2.05, 4.69) is 10.1 Å². The molecule has 0 bridgehead atoms. The number of aryl methyl sites for hydroxylation is 1. The van der Waals surface area contributed by atoms with E-state index < -0.39 is 5.56 Å². The summed E-state index contributed by atoms with van der Waals surface area (Å²) in [5.41, 5.74) is 3.38. The monoisotopic (exact) mass is 438 g/mol. The first-order valence-corrected chi connectivity index (χ1v) is 11.1. The highest BCUT2D eigenvalue weighted by molar-refractivity contribution is 7.99. The van der Waals surface area contributed by atoms with Crippen LogP contribution in [-0.4, -0.2) is 31.1 Å². The molecule has 5 rings (SSSR count). The van der Waals surface area contributed by atoms with Crippen LogP contribution in [0.2, 0.25) is 0 Å². The summed E-state index contributed by atoms with van der Waals surface area (Å²) < 4.78 is 1.57. The number of nitrogens with zero attached hydrogens (tertiary/aromatic N) is 4. The molecule has 2 aromatic heterocycles. The summed E-state index contributed by atoms with van der Waals surface area (Å²) in [6.45, 7) is 1.98. The Morgan fingerprint density at radius 2 is 1.62 bits per heavy atom. The first-order chi connectivity index (χ1) is 15.6. The molecule has 5 aromatic rings. The molecular weight excluding hydrogens is 420 g/mol. The molecule has 0 amide bonds. The van der Waals surface area contributed by atoms with Gasteiger partial charge in [0, 0.05) is 16.5 Å². The Kier molecular flexibility index (Phi) is 5.25. The summed E-state index contributed by atoms with van der Waals surface area (Å²) in [4.78, 5) is 34.6. The molecule has 156 valence electrons. The number of fused-ring (bicyclic) bond motifs is 3. The molecule has 0 N–H and O–H groups in total. The first kappa shape index (κ1) is 20.1. The largest absolute Gasteiger partial charge is 0.300 e. The van der Waals surface area contributed by atoms with Crippen molar-refractivity contribution in [3.63, 3.8) is 0 Å². The third-order valence-electron chi connectivity index (χ3n) is 5.11. The molecule has 0 aliphatic rings. The zero-order chi connectivity index (χ0) is 22.1. The number of hydrogen-bond acceptors (Lipinski definition) is 6. The van der Waals surface area contributed by atoms with Gasteiger partial charge >= 0.3 is 0 Å². The first-order valence-electron chi connectivity index (χ1n) is 10.1. The normalized spacial score (nSPS) is 11.2. The van der Waals surface area contributed by atoms with Crippen molar-refractivity contribution in [1.29, 1.82) is 0 Å². The molecule has 0 saturated carbocycles. The van der Waals surface area contributed by atoms with Gasteiger partial charge in [0.2, 0.25) is 0 Å². The lowest BCUT2D eigenvalue weighted by Gasteiger charge is -2.11. The molecule has 0 unspecified atom stereocenters. The Hall–Kier alpha value is -3.84. The van der Waals surface area contributed by atoms with Crippen molar-refractivity contribution in [3.05, 3.63) is 100 Å². The van der Waals surface area contributed by atoms with E-state index in [1.165, 1.54) is 11.8 Å². The molecule has 2 heterocycles. The predicted octanol–water partition coefficient (Wildman–Crippen LogP) is 4.59. The Bertz CT molecular complexity index is 1510. The zero-order valence-corrected chi connectivity index (χ0v) is 18.0. The number of thioether (sulfide) groups is 1. The van der Waals surface area contributed by atoms with Gasteiger partial charge in [-0.25, -0.2) is 4.98 Å². The Morgan fingerprint density at radius 3 is 2.41 bits per heavy atom. The molecule has 0 atom stereocenters. The maximum absolute atomic E-state index is 12.8. The average Bonchev–Trinajstić information content (AvgIpc) is 2.83. The van der Waals surface area contributed by atoms with Crippen LogP contribution in [0.15, 0.2) is 88.8 Å². The highest BCUT2D eigenvalue weighted by Crippen LogP contribution is 2.24. The summed E-state index contributed by atoms with van der Waals surface area (Å²) in [7, 11) is 0. The van der Waals surface area contributed by atoms with Crippen LogP contribution < -0.4 is 5.56 Å². The summed E-state index contributed by atoms with van der Waals surface area (Å²) in [6, 6.07) is 24.2. The second-order valence-electron chi connectivity index (χ2n) is 7.36. The topological polar surface area (TPSA) is 77.2 Å². The van der Waals surface area contributed by atoms with Gasteiger partial charge in [-0.2, -0.15) is 14.6 Å². The molecule has 32 heavy (non-hydrogen) atoms. The van der Waals surface area contributed by atoms with Gasteiger partial charge in [-0.3, -0.25) is 9.59 Å². The number of Topliss-reactive ketones (excluding diaryl/α,β-unsaturated/α-hetero) is 1. The molecule has 0 spiro atoms. The van der Waals surface area contributed by atoms with E-state index >= 15 is 0 Å². The maximum atomic E-state index is 12.8. The number of rotatable bonds is 5. The van der Waals surface area contributed by atoms with Gasteiger partial charge in [-0.1, -0.05) is 84.1 Å². The van der Waals surface area contributed by atoms with Crippen LogP contribution in [-0.2, 0) is 0 Å². The summed E-state index contributed by atoms with van der Waals surface area (Å²) in [5.74, 6) is 0.188. The van der Waals surface area contributed by atoms with Crippen LogP contribution in [0.3, 0.4) is 0 Å². The zero-order valence-electron chi connectivity index (χ0n) is 17.2. The second kappa shape index (κ2) is 8.36. The van der Waals surface area contributed by atoms with Gasteiger partial charge in [0.25, 0.3) is 5.56 Å². The van der Waals surface area contributed by atoms with Crippen molar-refractivity contribution in [1.82, 2.24) is 19.6 Å². The molecular formula is C25H18N4O2S. The molecule has 3 aromatic carbocycles. The van der Waals surface area contributed by atoms with Crippen molar-refractivity contribution < 1.29 is 4.79 Å². The lowest BCUT2D eigenvalue weighted by atomic mass is 10.1. The SMILES string of the molecule is Cc1ccc(C(=O)CSc2nc3ccccc3c3nc(=O)c(-c4ccccc4)nn23)cc1. The summed E-state index contributed by atoms with van der Waals surface area (Å²) in [6.07, 6.45) is 0. The summed E-state index contributed by atoms with van der Waals surface area (Å²) >= 11 is 1.28. The molecule has 0 saturated heterocycles. The fourth-order valence-corrected chi connectivity index (χ4v) is 4.27. The third-order valence-corrected chi connectivity index (χ3v) is 6.03. The van der Waals surface area contributed by atoms with Crippen LogP contribution in [0.25, 0.3) is 27.8 Å². The standard InChI is InChI=1S/C25H18N4O2S/c1-16-11-13-17(14-12-16)21(30)15-32-25-26-20-10-6-5-9-19(20)23-27-24(31)22(28-29(23)25)18-7-3-2-4-8-18/h2-14H,15H2,1H3. The van der Waals surface area contributed by atoms with Gasteiger partial charge in [-0.05, 0) is 19.1 Å². The number of aromatic nitrogens is 4. The van der Waals surface area contributed by atoms with E-state index in [4.69, 9.17) is 4.98 Å². The minimum Gasteiger partial charge on any atom is -0.293 e. The Labute approximate surface area is 188 Å². The van der Waals surface area contributed by atoms with E-state index in [9.17, 15) is 9.59 Å². The van der Waals surface area contributed by atoms with Crippen molar-refractivity contribution in [2.75, 3.05) is 5.75 Å². The molecule has 0 aliphatic heterocycles. The van der Waals surface area contributed by atoms with E-state index in [-0.39, 0.29) is 17.2 Å². The van der Waals surface area contributed by atoms with Gasteiger partial charge in [0.1, 0.15) is 0 Å². The Morgan fingerprint density at radius 1 is 0.906 bits per heavy atom. The fraction of sp³-hybridized carbons (Fsp3) is 0.0800.